The van der Waals surface area contributed by atoms with Crippen molar-refractivity contribution in [2.24, 2.45) is 11.7 Å². The summed E-state index contributed by atoms with van der Waals surface area (Å²) in [5, 5.41) is 5.46. The van der Waals surface area contributed by atoms with Crippen LogP contribution >= 0.6 is 12.4 Å². The zero-order chi connectivity index (χ0) is 15.7. The first-order valence-corrected chi connectivity index (χ1v) is 7.31. The molecule has 0 fully saturated rings. The highest BCUT2D eigenvalue weighted by Gasteiger charge is 2.13. The minimum absolute atomic E-state index is 0. The molecular weight excluding hydrogens is 302 g/mol. The van der Waals surface area contributed by atoms with Crippen LogP contribution in [0.1, 0.15) is 25.8 Å². The van der Waals surface area contributed by atoms with Crippen LogP contribution in [0.3, 0.4) is 0 Å². The third-order valence-electron chi connectivity index (χ3n) is 3.06. The first-order valence-electron chi connectivity index (χ1n) is 7.31. The predicted octanol–water partition coefficient (Wildman–Crippen LogP) is 1.26. The highest BCUT2D eigenvalue weighted by atomic mass is 35.5. The number of benzene rings is 1. The molecule has 0 saturated heterocycles. The number of hydrogen-bond donors (Lipinski definition) is 3. The fourth-order valence-corrected chi connectivity index (χ4v) is 2.08. The number of nitrogens with two attached hydrogens (primary N) is 1. The van der Waals surface area contributed by atoms with Gasteiger partial charge in [-0.1, -0.05) is 44.2 Å². The summed E-state index contributed by atoms with van der Waals surface area (Å²) in [6.07, 6.45) is 1.11. The van der Waals surface area contributed by atoms with Gasteiger partial charge in [-0.3, -0.25) is 9.59 Å². The third-order valence-corrected chi connectivity index (χ3v) is 3.06. The van der Waals surface area contributed by atoms with Gasteiger partial charge in [0.25, 0.3) is 0 Å². The van der Waals surface area contributed by atoms with Crippen LogP contribution < -0.4 is 16.4 Å². The van der Waals surface area contributed by atoms with Crippen LogP contribution in [0.5, 0.6) is 0 Å². The van der Waals surface area contributed by atoms with E-state index in [0.29, 0.717) is 12.5 Å². The molecule has 4 N–H and O–H groups in total. The van der Waals surface area contributed by atoms with E-state index in [-0.39, 0.29) is 43.2 Å². The lowest BCUT2D eigenvalue weighted by Crippen LogP contribution is -2.45. The Kier molecular flexibility index (Phi) is 10.2. The Morgan fingerprint density at radius 3 is 2.32 bits per heavy atom. The van der Waals surface area contributed by atoms with Crippen LogP contribution in [0.15, 0.2) is 30.3 Å². The third kappa shape index (κ3) is 8.64. The molecule has 5 nitrogen and oxygen atoms in total. The van der Waals surface area contributed by atoms with Gasteiger partial charge in [0.1, 0.15) is 0 Å². The Hall–Kier alpha value is -1.59. The van der Waals surface area contributed by atoms with E-state index >= 15 is 0 Å². The maximum Gasteiger partial charge on any atom is 0.239 e. The van der Waals surface area contributed by atoms with Crippen molar-refractivity contribution >= 4 is 24.2 Å². The topological polar surface area (TPSA) is 84.2 Å². The number of carbonyl (C=O) groups excluding carboxylic acids is 2. The van der Waals surface area contributed by atoms with Crippen molar-refractivity contribution in [3.05, 3.63) is 35.9 Å². The van der Waals surface area contributed by atoms with Crippen molar-refractivity contribution in [1.29, 1.82) is 0 Å². The van der Waals surface area contributed by atoms with Gasteiger partial charge in [0.2, 0.25) is 11.8 Å². The van der Waals surface area contributed by atoms with Crippen molar-refractivity contribution < 1.29 is 9.59 Å². The van der Waals surface area contributed by atoms with Crippen LogP contribution in [0, 0.1) is 5.92 Å². The molecule has 0 aliphatic heterocycles. The molecule has 1 aromatic carbocycles. The molecule has 0 aliphatic rings. The molecule has 2 amide bonds. The molecule has 0 radical (unpaired) electrons. The van der Waals surface area contributed by atoms with Crippen LogP contribution in [0.25, 0.3) is 0 Å². The van der Waals surface area contributed by atoms with E-state index in [0.717, 1.165) is 12.0 Å². The zero-order valence-corrected chi connectivity index (χ0v) is 14.0. The molecule has 22 heavy (non-hydrogen) atoms. The minimum atomic E-state index is -0.201. The van der Waals surface area contributed by atoms with Gasteiger partial charge >= 0.3 is 0 Å². The Labute approximate surface area is 138 Å². The van der Waals surface area contributed by atoms with Crippen molar-refractivity contribution in [3.8, 4) is 0 Å². The lowest BCUT2D eigenvalue weighted by atomic mass is 10.0. The van der Waals surface area contributed by atoms with E-state index in [9.17, 15) is 9.59 Å². The zero-order valence-electron chi connectivity index (χ0n) is 13.2. The van der Waals surface area contributed by atoms with Gasteiger partial charge in [0.05, 0.1) is 13.0 Å². The molecule has 1 aromatic rings. The second kappa shape index (κ2) is 11.0. The number of hydrogen-bond acceptors (Lipinski definition) is 3. The van der Waals surface area contributed by atoms with Gasteiger partial charge in [-0.25, -0.2) is 0 Å². The SMILES string of the molecule is CC(C)CC(CN)NC(=O)CNC(=O)Cc1ccccc1.Cl. The van der Waals surface area contributed by atoms with E-state index in [1.165, 1.54) is 0 Å². The molecule has 1 atom stereocenters. The van der Waals surface area contributed by atoms with Gasteiger partial charge in [-0.2, -0.15) is 0 Å². The van der Waals surface area contributed by atoms with Crippen LogP contribution in [-0.2, 0) is 16.0 Å². The van der Waals surface area contributed by atoms with Gasteiger partial charge in [0, 0.05) is 12.6 Å². The maximum atomic E-state index is 11.8. The summed E-state index contributed by atoms with van der Waals surface area (Å²) in [5.74, 6) is 0.101. The first kappa shape index (κ1) is 20.4. The predicted molar refractivity (Wildman–Crippen MR) is 90.8 cm³/mol. The summed E-state index contributed by atoms with van der Waals surface area (Å²) in [7, 11) is 0. The molecule has 0 heterocycles. The highest BCUT2D eigenvalue weighted by Crippen LogP contribution is 2.03. The van der Waals surface area contributed by atoms with Crippen LogP contribution in [0.2, 0.25) is 0 Å². The largest absolute Gasteiger partial charge is 0.351 e. The lowest BCUT2D eigenvalue weighted by molar-refractivity contribution is -0.126. The number of carbonyl (C=O) groups is 2. The summed E-state index contributed by atoms with van der Waals surface area (Å²) >= 11 is 0. The molecule has 0 spiro atoms. The highest BCUT2D eigenvalue weighted by molar-refractivity contribution is 5.86. The number of halogens is 1. The van der Waals surface area contributed by atoms with Crippen molar-refractivity contribution in [2.45, 2.75) is 32.7 Å². The van der Waals surface area contributed by atoms with E-state index in [1.807, 2.05) is 30.3 Å². The summed E-state index contributed by atoms with van der Waals surface area (Å²) in [5.41, 5.74) is 6.55. The summed E-state index contributed by atoms with van der Waals surface area (Å²) in [6, 6.07) is 9.39. The quantitative estimate of drug-likeness (QED) is 0.672. The average molecular weight is 328 g/mol. The monoisotopic (exact) mass is 327 g/mol. The first-order chi connectivity index (χ1) is 10.0. The Bertz CT molecular complexity index is 452. The van der Waals surface area contributed by atoms with E-state index in [2.05, 4.69) is 24.5 Å². The molecule has 0 aliphatic carbocycles. The molecule has 0 saturated carbocycles. The number of nitrogens with one attached hydrogen (secondary N) is 2. The molecule has 0 bridgehead atoms. The van der Waals surface area contributed by atoms with Crippen molar-refractivity contribution in [2.75, 3.05) is 13.1 Å². The average Bonchev–Trinajstić information content (AvgIpc) is 2.45. The molecular formula is C16H26ClN3O2. The number of amides is 2. The van der Waals surface area contributed by atoms with Crippen molar-refractivity contribution in [3.63, 3.8) is 0 Å². The van der Waals surface area contributed by atoms with Gasteiger partial charge in [0.15, 0.2) is 0 Å². The molecule has 6 heteroatoms. The maximum absolute atomic E-state index is 11.8. The van der Waals surface area contributed by atoms with Gasteiger partial charge < -0.3 is 16.4 Å². The van der Waals surface area contributed by atoms with E-state index in [4.69, 9.17) is 5.73 Å². The standard InChI is InChI=1S/C16H25N3O2.ClH/c1-12(2)8-14(10-17)19-16(21)11-18-15(20)9-13-6-4-3-5-7-13;/h3-7,12,14H,8-11,17H2,1-2H3,(H,18,20)(H,19,21);1H. The van der Waals surface area contributed by atoms with E-state index < -0.39 is 0 Å². The number of rotatable bonds is 8. The van der Waals surface area contributed by atoms with Crippen molar-refractivity contribution in [1.82, 2.24) is 10.6 Å². The fourth-order valence-electron chi connectivity index (χ4n) is 2.08. The molecule has 1 rings (SSSR count). The Morgan fingerprint density at radius 2 is 1.77 bits per heavy atom. The summed E-state index contributed by atoms with van der Waals surface area (Å²) in [6.45, 7) is 4.55. The minimum Gasteiger partial charge on any atom is -0.351 e. The normalized spacial score (nSPS) is 11.5. The molecule has 124 valence electrons. The van der Waals surface area contributed by atoms with Gasteiger partial charge in [-0.05, 0) is 17.9 Å². The molecule has 0 aromatic heterocycles. The van der Waals surface area contributed by atoms with Gasteiger partial charge in [-0.15, -0.1) is 12.4 Å². The fraction of sp³-hybridized carbons (Fsp3) is 0.500. The molecule has 1 unspecified atom stereocenters. The Morgan fingerprint density at radius 1 is 1.14 bits per heavy atom. The second-order valence-corrected chi connectivity index (χ2v) is 5.57. The smallest absolute Gasteiger partial charge is 0.239 e. The second-order valence-electron chi connectivity index (χ2n) is 5.57. The van der Waals surface area contributed by atoms with Crippen LogP contribution in [-0.4, -0.2) is 30.9 Å². The Balaban J connectivity index is 0.00000441. The van der Waals surface area contributed by atoms with Crippen LogP contribution in [0.4, 0.5) is 0 Å². The summed E-state index contributed by atoms with van der Waals surface area (Å²) < 4.78 is 0. The lowest BCUT2D eigenvalue weighted by Gasteiger charge is -2.18. The van der Waals surface area contributed by atoms with E-state index in [1.54, 1.807) is 0 Å². The summed E-state index contributed by atoms with van der Waals surface area (Å²) in [4.78, 5) is 23.5.